The highest BCUT2D eigenvalue weighted by atomic mass is 35.7. The lowest BCUT2D eigenvalue weighted by Crippen LogP contribution is -2.34. The fourth-order valence-electron chi connectivity index (χ4n) is 1.87. The van der Waals surface area contributed by atoms with Crippen molar-refractivity contribution in [3.8, 4) is 0 Å². The van der Waals surface area contributed by atoms with Crippen LogP contribution in [0.15, 0.2) is 17.0 Å². The quantitative estimate of drug-likeness (QED) is 0.866. The number of rotatable bonds is 4. The van der Waals surface area contributed by atoms with Gasteiger partial charge in [0, 0.05) is 16.7 Å². The average Bonchev–Trinajstić information content (AvgIpc) is 3.14. The van der Waals surface area contributed by atoms with Gasteiger partial charge in [-0.1, -0.05) is 0 Å². The number of amides is 1. The van der Waals surface area contributed by atoms with Crippen LogP contribution in [0.25, 0.3) is 0 Å². The first-order valence-electron chi connectivity index (χ1n) is 5.94. The van der Waals surface area contributed by atoms with E-state index in [1.807, 2.05) is 0 Å². The Morgan fingerprint density at radius 3 is 2.50 bits per heavy atom. The predicted octanol–water partition coefficient (Wildman–Crippen LogP) is 2.42. The molecule has 4 nitrogen and oxygen atoms in total. The number of halogens is 3. The molecule has 8 heteroatoms. The summed E-state index contributed by atoms with van der Waals surface area (Å²) in [6.45, 7) is 1.76. The molecule has 0 saturated heterocycles. The highest BCUT2D eigenvalue weighted by molar-refractivity contribution is 8.13. The van der Waals surface area contributed by atoms with Crippen LogP contribution in [-0.2, 0) is 9.05 Å². The van der Waals surface area contributed by atoms with Crippen molar-refractivity contribution in [2.24, 2.45) is 5.92 Å². The van der Waals surface area contributed by atoms with Crippen molar-refractivity contribution in [2.75, 3.05) is 0 Å². The second-order valence-electron chi connectivity index (χ2n) is 4.80. The molecule has 1 amide bonds. The standard InChI is InChI=1S/C12H12ClF2NO3S/c1-6(7-2-3-7)16-12(17)9-4-8(20(13,18)19)5-10(14)11(9)15/h4-7H,2-3H2,1H3,(H,16,17). The number of nitrogens with one attached hydrogen (secondary N) is 1. The molecular weight excluding hydrogens is 312 g/mol. The topological polar surface area (TPSA) is 63.2 Å². The van der Waals surface area contributed by atoms with Gasteiger partial charge in [-0.15, -0.1) is 0 Å². The van der Waals surface area contributed by atoms with E-state index in [0.29, 0.717) is 12.0 Å². The van der Waals surface area contributed by atoms with Crippen LogP contribution in [0.4, 0.5) is 8.78 Å². The van der Waals surface area contributed by atoms with E-state index in [1.165, 1.54) is 0 Å². The molecule has 0 spiro atoms. The number of hydrogen-bond donors (Lipinski definition) is 1. The maximum absolute atomic E-state index is 13.6. The van der Waals surface area contributed by atoms with Gasteiger partial charge in [-0.3, -0.25) is 4.79 Å². The molecule has 2 rings (SSSR count). The van der Waals surface area contributed by atoms with E-state index >= 15 is 0 Å². The SMILES string of the molecule is CC(NC(=O)c1cc(S(=O)(=O)Cl)cc(F)c1F)C1CC1. The third kappa shape index (κ3) is 3.27. The summed E-state index contributed by atoms with van der Waals surface area (Å²) < 4.78 is 49.3. The van der Waals surface area contributed by atoms with Crippen LogP contribution in [-0.4, -0.2) is 20.4 Å². The van der Waals surface area contributed by atoms with E-state index in [2.05, 4.69) is 5.32 Å². The Morgan fingerprint density at radius 1 is 1.40 bits per heavy atom. The second-order valence-corrected chi connectivity index (χ2v) is 7.37. The maximum atomic E-state index is 13.6. The lowest BCUT2D eigenvalue weighted by atomic mass is 10.1. The van der Waals surface area contributed by atoms with E-state index in [1.54, 1.807) is 6.92 Å². The zero-order valence-electron chi connectivity index (χ0n) is 10.5. The summed E-state index contributed by atoms with van der Waals surface area (Å²) >= 11 is 0. The van der Waals surface area contributed by atoms with Gasteiger partial charge in [0.15, 0.2) is 11.6 Å². The third-order valence-corrected chi connectivity index (χ3v) is 4.55. The van der Waals surface area contributed by atoms with Crippen molar-refractivity contribution >= 4 is 25.6 Å². The minimum Gasteiger partial charge on any atom is -0.349 e. The van der Waals surface area contributed by atoms with Gasteiger partial charge in [0.2, 0.25) is 0 Å². The molecule has 20 heavy (non-hydrogen) atoms. The molecule has 0 radical (unpaired) electrons. The smallest absolute Gasteiger partial charge is 0.261 e. The van der Waals surface area contributed by atoms with Gasteiger partial charge in [-0.25, -0.2) is 17.2 Å². The van der Waals surface area contributed by atoms with Crippen molar-refractivity contribution in [1.82, 2.24) is 5.32 Å². The van der Waals surface area contributed by atoms with Gasteiger partial charge < -0.3 is 5.32 Å². The second kappa shape index (κ2) is 5.29. The molecule has 1 saturated carbocycles. The molecule has 0 bridgehead atoms. The van der Waals surface area contributed by atoms with Crippen LogP contribution in [0.3, 0.4) is 0 Å². The molecule has 0 aromatic heterocycles. The summed E-state index contributed by atoms with van der Waals surface area (Å²) in [6, 6.07) is 0.996. The first-order chi connectivity index (χ1) is 9.20. The molecule has 0 aliphatic heterocycles. The minimum atomic E-state index is -4.25. The summed E-state index contributed by atoms with van der Waals surface area (Å²) in [5, 5.41) is 2.52. The lowest BCUT2D eigenvalue weighted by molar-refractivity contribution is 0.0930. The highest BCUT2D eigenvalue weighted by Crippen LogP contribution is 2.32. The Balaban J connectivity index is 2.34. The fraction of sp³-hybridized carbons (Fsp3) is 0.417. The summed E-state index contributed by atoms with van der Waals surface area (Å²) in [5.74, 6) is -3.36. The van der Waals surface area contributed by atoms with E-state index in [-0.39, 0.29) is 6.04 Å². The molecule has 0 heterocycles. The molecular formula is C12H12ClF2NO3S. The third-order valence-electron chi connectivity index (χ3n) is 3.22. The van der Waals surface area contributed by atoms with Crippen molar-refractivity contribution in [3.63, 3.8) is 0 Å². The Morgan fingerprint density at radius 2 is 2.00 bits per heavy atom. The maximum Gasteiger partial charge on any atom is 0.261 e. The molecule has 1 N–H and O–H groups in total. The van der Waals surface area contributed by atoms with Gasteiger partial charge in [-0.05, 0) is 37.8 Å². The number of carbonyl (C=O) groups is 1. The molecule has 1 fully saturated rings. The Hall–Kier alpha value is -1.21. The van der Waals surface area contributed by atoms with Crippen LogP contribution >= 0.6 is 10.7 Å². The van der Waals surface area contributed by atoms with Crippen LogP contribution < -0.4 is 5.32 Å². The average molecular weight is 324 g/mol. The molecule has 1 aromatic rings. The zero-order valence-corrected chi connectivity index (χ0v) is 12.1. The normalized spacial score (nSPS) is 16.8. The first kappa shape index (κ1) is 15.2. The molecule has 1 aromatic carbocycles. The molecule has 1 unspecified atom stereocenters. The summed E-state index contributed by atoms with van der Waals surface area (Å²) in [6.07, 6.45) is 1.93. The lowest BCUT2D eigenvalue weighted by Gasteiger charge is -2.13. The van der Waals surface area contributed by atoms with E-state index < -0.39 is 37.1 Å². The van der Waals surface area contributed by atoms with Crippen molar-refractivity contribution in [2.45, 2.75) is 30.7 Å². The molecule has 110 valence electrons. The van der Waals surface area contributed by atoms with Gasteiger partial charge >= 0.3 is 0 Å². The van der Waals surface area contributed by atoms with Crippen LogP contribution in [0.5, 0.6) is 0 Å². The number of carbonyl (C=O) groups excluding carboxylic acids is 1. The number of benzene rings is 1. The number of hydrogen-bond acceptors (Lipinski definition) is 3. The minimum absolute atomic E-state index is 0.179. The molecule has 1 aliphatic carbocycles. The van der Waals surface area contributed by atoms with Crippen LogP contribution in [0, 0.1) is 17.6 Å². The van der Waals surface area contributed by atoms with Gasteiger partial charge in [0.05, 0.1) is 10.5 Å². The Kier molecular flexibility index (Phi) is 4.02. The van der Waals surface area contributed by atoms with Gasteiger partial charge in [0.25, 0.3) is 15.0 Å². The zero-order chi connectivity index (χ0) is 15.1. The summed E-state index contributed by atoms with van der Waals surface area (Å²) in [5.41, 5.74) is -0.670. The van der Waals surface area contributed by atoms with E-state index in [9.17, 15) is 22.0 Å². The van der Waals surface area contributed by atoms with Crippen molar-refractivity contribution in [3.05, 3.63) is 29.3 Å². The molecule has 1 aliphatic rings. The van der Waals surface area contributed by atoms with E-state index in [4.69, 9.17) is 10.7 Å². The van der Waals surface area contributed by atoms with Crippen LogP contribution in [0.2, 0.25) is 0 Å². The first-order valence-corrected chi connectivity index (χ1v) is 8.25. The Labute approximate surface area is 119 Å². The van der Waals surface area contributed by atoms with Gasteiger partial charge in [0.1, 0.15) is 0 Å². The summed E-state index contributed by atoms with van der Waals surface area (Å²) in [7, 11) is 0.832. The van der Waals surface area contributed by atoms with Crippen LogP contribution in [0.1, 0.15) is 30.1 Å². The van der Waals surface area contributed by atoms with Crippen molar-refractivity contribution < 1.29 is 22.0 Å². The van der Waals surface area contributed by atoms with Crippen molar-refractivity contribution in [1.29, 1.82) is 0 Å². The largest absolute Gasteiger partial charge is 0.349 e. The molecule has 1 atom stereocenters. The monoisotopic (exact) mass is 323 g/mol. The summed E-state index contributed by atoms with van der Waals surface area (Å²) in [4.78, 5) is 11.2. The Bertz CT molecular complexity index is 659. The highest BCUT2D eigenvalue weighted by Gasteiger charge is 2.30. The van der Waals surface area contributed by atoms with Gasteiger partial charge in [-0.2, -0.15) is 0 Å². The van der Waals surface area contributed by atoms with E-state index in [0.717, 1.165) is 18.9 Å². The predicted molar refractivity (Wildman–Crippen MR) is 69.0 cm³/mol. The fourth-order valence-corrected chi connectivity index (χ4v) is 2.64.